The standard InChI is InChI=1S/C16H10N4O2/c17-10-13-8-11(2-3-15(13)20-7-1-5-19-20)14-9-12(16(21)22)4-6-18-14/h1-9H,(H,21,22). The maximum atomic E-state index is 11.0. The van der Waals surface area contributed by atoms with Crippen LogP contribution in [-0.2, 0) is 0 Å². The number of hydrogen-bond donors (Lipinski definition) is 1. The van der Waals surface area contributed by atoms with Crippen molar-refractivity contribution in [2.24, 2.45) is 0 Å². The van der Waals surface area contributed by atoms with Gasteiger partial charge in [0.1, 0.15) is 6.07 Å². The van der Waals surface area contributed by atoms with Gasteiger partial charge in [0.25, 0.3) is 0 Å². The molecule has 0 aliphatic heterocycles. The fraction of sp³-hybridized carbons (Fsp3) is 0. The SMILES string of the molecule is N#Cc1cc(-c2cc(C(=O)O)ccn2)ccc1-n1cccn1. The van der Waals surface area contributed by atoms with E-state index in [1.807, 2.05) is 0 Å². The third kappa shape index (κ3) is 2.43. The topological polar surface area (TPSA) is 91.8 Å². The molecule has 0 bridgehead atoms. The average molecular weight is 290 g/mol. The van der Waals surface area contributed by atoms with Gasteiger partial charge < -0.3 is 5.11 Å². The maximum Gasteiger partial charge on any atom is 0.335 e. The van der Waals surface area contributed by atoms with E-state index in [0.717, 1.165) is 0 Å². The molecular formula is C16H10N4O2. The Labute approximate surface area is 125 Å². The summed E-state index contributed by atoms with van der Waals surface area (Å²) in [5, 5.41) is 22.5. The number of carboxylic acids is 1. The van der Waals surface area contributed by atoms with E-state index in [4.69, 9.17) is 5.11 Å². The van der Waals surface area contributed by atoms with Crippen molar-refractivity contribution in [2.45, 2.75) is 0 Å². The molecule has 1 N–H and O–H groups in total. The van der Waals surface area contributed by atoms with Crippen molar-refractivity contribution in [3.05, 3.63) is 66.1 Å². The molecule has 22 heavy (non-hydrogen) atoms. The number of carboxylic acid groups (broad SMARTS) is 1. The van der Waals surface area contributed by atoms with Crippen LogP contribution < -0.4 is 0 Å². The van der Waals surface area contributed by atoms with E-state index < -0.39 is 5.97 Å². The molecule has 6 heteroatoms. The molecule has 2 aromatic heterocycles. The van der Waals surface area contributed by atoms with Crippen LogP contribution in [-0.4, -0.2) is 25.8 Å². The van der Waals surface area contributed by atoms with Gasteiger partial charge >= 0.3 is 5.97 Å². The van der Waals surface area contributed by atoms with Crippen molar-refractivity contribution < 1.29 is 9.90 Å². The Kier molecular flexibility index (Phi) is 3.38. The van der Waals surface area contributed by atoms with Gasteiger partial charge in [-0.2, -0.15) is 10.4 Å². The van der Waals surface area contributed by atoms with Crippen LogP contribution in [0.15, 0.2) is 55.0 Å². The van der Waals surface area contributed by atoms with Crippen molar-refractivity contribution in [1.29, 1.82) is 5.26 Å². The van der Waals surface area contributed by atoms with Crippen LogP contribution in [0.5, 0.6) is 0 Å². The first-order valence-electron chi connectivity index (χ1n) is 6.43. The third-order valence-electron chi connectivity index (χ3n) is 3.17. The summed E-state index contributed by atoms with van der Waals surface area (Å²) in [6.45, 7) is 0. The number of nitriles is 1. The predicted molar refractivity (Wildman–Crippen MR) is 78.5 cm³/mol. The van der Waals surface area contributed by atoms with Gasteiger partial charge in [-0.3, -0.25) is 4.98 Å². The molecule has 0 atom stereocenters. The Balaban J connectivity index is 2.08. The molecule has 106 valence electrons. The minimum atomic E-state index is -1.02. The lowest BCUT2D eigenvalue weighted by Gasteiger charge is -2.07. The highest BCUT2D eigenvalue weighted by Crippen LogP contribution is 2.23. The van der Waals surface area contributed by atoms with E-state index in [1.165, 1.54) is 18.3 Å². The molecule has 0 radical (unpaired) electrons. The zero-order valence-electron chi connectivity index (χ0n) is 11.3. The Morgan fingerprint density at radius 2 is 2.09 bits per heavy atom. The average Bonchev–Trinajstić information content (AvgIpc) is 3.08. The van der Waals surface area contributed by atoms with Crippen LogP contribution in [0.1, 0.15) is 15.9 Å². The second-order valence-corrected chi connectivity index (χ2v) is 4.53. The minimum absolute atomic E-state index is 0.152. The molecule has 0 saturated carbocycles. The summed E-state index contributed by atoms with van der Waals surface area (Å²) in [6.07, 6.45) is 4.82. The molecule has 0 aliphatic carbocycles. The number of nitrogens with zero attached hydrogens (tertiary/aromatic N) is 4. The van der Waals surface area contributed by atoms with Crippen LogP contribution in [0.2, 0.25) is 0 Å². The first-order chi connectivity index (χ1) is 10.7. The first kappa shape index (κ1) is 13.5. The van der Waals surface area contributed by atoms with Gasteiger partial charge in [-0.05, 0) is 30.3 Å². The second-order valence-electron chi connectivity index (χ2n) is 4.53. The quantitative estimate of drug-likeness (QED) is 0.800. The number of hydrogen-bond acceptors (Lipinski definition) is 4. The van der Waals surface area contributed by atoms with Crippen LogP contribution >= 0.6 is 0 Å². The van der Waals surface area contributed by atoms with Gasteiger partial charge in [-0.15, -0.1) is 0 Å². The number of carbonyl (C=O) groups is 1. The first-order valence-corrected chi connectivity index (χ1v) is 6.43. The van der Waals surface area contributed by atoms with Gasteiger partial charge in [-0.1, -0.05) is 6.07 Å². The maximum absolute atomic E-state index is 11.0. The van der Waals surface area contributed by atoms with Gasteiger partial charge in [0.05, 0.1) is 22.5 Å². The van der Waals surface area contributed by atoms with Gasteiger partial charge in [0.15, 0.2) is 0 Å². The molecule has 2 heterocycles. The molecule has 0 spiro atoms. The Morgan fingerprint density at radius 1 is 1.23 bits per heavy atom. The van der Waals surface area contributed by atoms with Crippen molar-refractivity contribution in [1.82, 2.24) is 14.8 Å². The lowest BCUT2D eigenvalue weighted by Crippen LogP contribution is -1.99. The lowest BCUT2D eigenvalue weighted by molar-refractivity contribution is 0.0697. The molecule has 0 saturated heterocycles. The molecule has 3 rings (SSSR count). The number of benzene rings is 1. The summed E-state index contributed by atoms with van der Waals surface area (Å²) in [5.41, 5.74) is 2.42. The van der Waals surface area contributed by atoms with E-state index in [2.05, 4.69) is 16.2 Å². The Hall–Kier alpha value is -3.46. The van der Waals surface area contributed by atoms with E-state index in [9.17, 15) is 10.1 Å². The zero-order valence-corrected chi connectivity index (χ0v) is 11.3. The zero-order chi connectivity index (χ0) is 15.5. The van der Waals surface area contributed by atoms with Crippen LogP contribution in [0, 0.1) is 11.3 Å². The molecular weight excluding hydrogens is 280 g/mol. The summed E-state index contributed by atoms with van der Waals surface area (Å²) < 4.78 is 1.60. The van der Waals surface area contributed by atoms with E-state index in [0.29, 0.717) is 22.5 Å². The minimum Gasteiger partial charge on any atom is -0.478 e. The highest BCUT2D eigenvalue weighted by molar-refractivity contribution is 5.88. The Bertz CT molecular complexity index is 879. The van der Waals surface area contributed by atoms with Crippen LogP contribution in [0.3, 0.4) is 0 Å². The van der Waals surface area contributed by atoms with E-state index in [1.54, 1.807) is 41.3 Å². The molecule has 0 aliphatic rings. The summed E-state index contributed by atoms with van der Waals surface area (Å²) >= 11 is 0. The van der Waals surface area contributed by atoms with Crippen molar-refractivity contribution >= 4 is 5.97 Å². The van der Waals surface area contributed by atoms with E-state index in [-0.39, 0.29) is 5.56 Å². The van der Waals surface area contributed by atoms with Crippen LogP contribution in [0.4, 0.5) is 0 Å². The predicted octanol–water partition coefficient (Wildman–Crippen LogP) is 2.50. The highest BCUT2D eigenvalue weighted by Gasteiger charge is 2.10. The van der Waals surface area contributed by atoms with Crippen LogP contribution in [0.25, 0.3) is 16.9 Å². The van der Waals surface area contributed by atoms with E-state index >= 15 is 0 Å². The number of aromatic nitrogens is 3. The summed E-state index contributed by atoms with van der Waals surface area (Å²) in [4.78, 5) is 15.2. The molecule has 3 aromatic rings. The fourth-order valence-electron chi connectivity index (χ4n) is 2.12. The third-order valence-corrected chi connectivity index (χ3v) is 3.17. The lowest BCUT2D eigenvalue weighted by atomic mass is 10.0. The smallest absolute Gasteiger partial charge is 0.335 e. The largest absolute Gasteiger partial charge is 0.478 e. The van der Waals surface area contributed by atoms with Crippen molar-refractivity contribution in [3.63, 3.8) is 0 Å². The Morgan fingerprint density at radius 3 is 2.77 bits per heavy atom. The van der Waals surface area contributed by atoms with Gasteiger partial charge in [0, 0.05) is 24.2 Å². The molecule has 0 fully saturated rings. The summed E-state index contributed by atoms with van der Waals surface area (Å²) in [6, 6.07) is 12.0. The number of rotatable bonds is 3. The molecule has 0 amide bonds. The fourth-order valence-corrected chi connectivity index (χ4v) is 2.12. The van der Waals surface area contributed by atoms with Gasteiger partial charge in [-0.25, -0.2) is 9.48 Å². The molecule has 6 nitrogen and oxygen atoms in total. The second kappa shape index (κ2) is 5.50. The molecule has 0 unspecified atom stereocenters. The summed E-state index contributed by atoms with van der Waals surface area (Å²) in [7, 11) is 0. The number of pyridine rings is 1. The highest BCUT2D eigenvalue weighted by atomic mass is 16.4. The number of aromatic carboxylic acids is 1. The molecule has 1 aromatic carbocycles. The van der Waals surface area contributed by atoms with Crippen molar-refractivity contribution in [3.8, 4) is 23.0 Å². The summed E-state index contributed by atoms with van der Waals surface area (Å²) in [5.74, 6) is -1.02. The van der Waals surface area contributed by atoms with Gasteiger partial charge in [0.2, 0.25) is 0 Å². The van der Waals surface area contributed by atoms with Crippen molar-refractivity contribution in [2.75, 3.05) is 0 Å². The monoisotopic (exact) mass is 290 g/mol. The normalized spacial score (nSPS) is 10.1.